The van der Waals surface area contributed by atoms with E-state index in [1.807, 2.05) is 24.4 Å². The summed E-state index contributed by atoms with van der Waals surface area (Å²) in [5.74, 6) is 0.381. The molecule has 98 valence electrons. The maximum Gasteiger partial charge on any atom is 0.250 e. The molecule has 5 nitrogen and oxygen atoms in total. The molecule has 0 radical (unpaired) electrons. The van der Waals surface area contributed by atoms with Crippen LogP contribution in [-0.2, 0) is 0 Å². The minimum absolute atomic E-state index is 0.387. The van der Waals surface area contributed by atoms with Gasteiger partial charge in [-0.25, -0.2) is 0 Å². The van der Waals surface area contributed by atoms with Crippen molar-refractivity contribution < 1.29 is 4.79 Å². The Balaban J connectivity index is 1.80. The minimum Gasteiger partial charge on any atom is -0.369 e. The van der Waals surface area contributed by atoms with Crippen LogP contribution < -0.4 is 16.0 Å². The molecule has 0 saturated carbocycles. The van der Waals surface area contributed by atoms with Crippen molar-refractivity contribution in [3.8, 4) is 0 Å². The number of nitrogens with zero attached hydrogens (tertiary/aromatic N) is 1. The molecule has 1 aromatic carbocycles. The molecule has 1 aromatic heterocycles. The minimum atomic E-state index is -0.387. The van der Waals surface area contributed by atoms with Crippen LogP contribution in [-0.4, -0.2) is 36.6 Å². The second-order valence-corrected chi connectivity index (χ2v) is 5.44. The summed E-state index contributed by atoms with van der Waals surface area (Å²) >= 11 is 0. The number of hydrogen-bond acceptors (Lipinski definition) is 3. The zero-order valence-electron chi connectivity index (χ0n) is 10.5. The van der Waals surface area contributed by atoms with Crippen molar-refractivity contribution in [2.24, 2.45) is 11.7 Å². The first kappa shape index (κ1) is 10.9. The summed E-state index contributed by atoms with van der Waals surface area (Å²) in [5, 5.41) is 4.54. The normalized spacial score (nSPS) is 25.4. The van der Waals surface area contributed by atoms with Gasteiger partial charge in [0, 0.05) is 48.9 Å². The number of hydrogen-bond donors (Lipinski definition) is 3. The van der Waals surface area contributed by atoms with Gasteiger partial charge in [-0.3, -0.25) is 4.79 Å². The standard InChI is InChI=1S/C14H16N4O/c15-14(19)10-1-2-12(9-3-4-16-13(9)10)18-6-8-5-17-11(8)7-18/h1-4,8,11,16-17H,5-7H2,(H2,15,19)/t8-,11+/m0/s1. The zero-order chi connectivity index (χ0) is 13.0. The van der Waals surface area contributed by atoms with E-state index in [1.165, 1.54) is 5.69 Å². The highest BCUT2D eigenvalue weighted by molar-refractivity contribution is 6.08. The van der Waals surface area contributed by atoms with E-state index in [-0.39, 0.29) is 5.91 Å². The van der Waals surface area contributed by atoms with Gasteiger partial charge in [0.25, 0.3) is 5.91 Å². The number of carbonyl (C=O) groups is 1. The Bertz CT molecular complexity index is 651. The first-order chi connectivity index (χ1) is 9.24. The largest absolute Gasteiger partial charge is 0.369 e. The molecule has 4 N–H and O–H groups in total. The van der Waals surface area contributed by atoms with Gasteiger partial charge in [0.2, 0.25) is 0 Å². The van der Waals surface area contributed by atoms with Crippen molar-refractivity contribution in [3.63, 3.8) is 0 Å². The van der Waals surface area contributed by atoms with Crippen molar-refractivity contribution >= 4 is 22.5 Å². The van der Waals surface area contributed by atoms with Gasteiger partial charge in [-0.2, -0.15) is 0 Å². The highest BCUT2D eigenvalue weighted by atomic mass is 16.1. The third-order valence-corrected chi connectivity index (χ3v) is 4.39. The summed E-state index contributed by atoms with van der Waals surface area (Å²) in [6.45, 7) is 3.26. The van der Waals surface area contributed by atoms with Gasteiger partial charge >= 0.3 is 0 Å². The van der Waals surface area contributed by atoms with Crippen molar-refractivity contribution in [3.05, 3.63) is 30.0 Å². The van der Waals surface area contributed by atoms with E-state index in [0.717, 1.165) is 36.5 Å². The van der Waals surface area contributed by atoms with Gasteiger partial charge in [-0.05, 0) is 18.2 Å². The average molecular weight is 256 g/mol. The second-order valence-electron chi connectivity index (χ2n) is 5.44. The fourth-order valence-electron chi connectivity index (χ4n) is 3.27. The number of fused-ring (bicyclic) bond motifs is 2. The molecular weight excluding hydrogens is 240 g/mol. The highest BCUT2D eigenvalue weighted by Gasteiger charge is 2.39. The maximum atomic E-state index is 11.4. The number of H-pyrrole nitrogens is 1. The summed E-state index contributed by atoms with van der Waals surface area (Å²) in [6.07, 6.45) is 1.86. The van der Waals surface area contributed by atoms with Gasteiger partial charge in [0.1, 0.15) is 0 Å². The van der Waals surface area contributed by atoms with Gasteiger partial charge in [-0.15, -0.1) is 0 Å². The Morgan fingerprint density at radius 1 is 1.32 bits per heavy atom. The summed E-state index contributed by atoms with van der Waals surface area (Å²) in [5.41, 5.74) is 8.01. The second kappa shape index (κ2) is 3.74. The number of primary amides is 1. The molecule has 2 aliphatic heterocycles. The smallest absolute Gasteiger partial charge is 0.250 e. The van der Waals surface area contributed by atoms with E-state index in [0.29, 0.717) is 11.6 Å². The van der Waals surface area contributed by atoms with Crippen LogP contribution in [0.2, 0.25) is 0 Å². The number of amides is 1. The molecule has 0 bridgehead atoms. The van der Waals surface area contributed by atoms with Crippen molar-refractivity contribution in [1.82, 2.24) is 10.3 Å². The number of nitrogens with two attached hydrogens (primary N) is 1. The van der Waals surface area contributed by atoms with Gasteiger partial charge in [0.15, 0.2) is 0 Å². The van der Waals surface area contributed by atoms with E-state index >= 15 is 0 Å². The average Bonchev–Trinajstić information content (AvgIpc) is 2.94. The molecule has 0 spiro atoms. The molecule has 2 saturated heterocycles. The molecule has 2 aromatic rings. The predicted octanol–water partition coefficient (Wildman–Crippen LogP) is 0.675. The quantitative estimate of drug-likeness (QED) is 0.739. The lowest BCUT2D eigenvalue weighted by Crippen LogP contribution is -2.51. The lowest BCUT2D eigenvalue weighted by atomic mass is 9.96. The molecular formula is C14H16N4O. The van der Waals surface area contributed by atoms with Crippen molar-refractivity contribution in [1.29, 1.82) is 0 Å². The Morgan fingerprint density at radius 2 is 2.21 bits per heavy atom. The number of nitrogens with one attached hydrogen (secondary N) is 2. The Labute approximate surface area is 110 Å². The Kier molecular flexibility index (Phi) is 2.14. The van der Waals surface area contributed by atoms with Crippen LogP contribution in [0, 0.1) is 5.92 Å². The van der Waals surface area contributed by atoms with Gasteiger partial charge in [0.05, 0.1) is 11.1 Å². The molecule has 3 heterocycles. The number of benzene rings is 1. The van der Waals surface area contributed by atoms with Crippen LogP contribution in [0.4, 0.5) is 5.69 Å². The van der Waals surface area contributed by atoms with Crippen LogP contribution in [0.5, 0.6) is 0 Å². The maximum absolute atomic E-state index is 11.4. The van der Waals surface area contributed by atoms with Crippen LogP contribution in [0.1, 0.15) is 10.4 Å². The summed E-state index contributed by atoms with van der Waals surface area (Å²) < 4.78 is 0. The topological polar surface area (TPSA) is 74.2 Å². The SMILES string of the molecule is NC(=O)c1ccc(N2C[C@@H]3CN[C@@H]3C2)c2cc[nH]c12. The highest BCUT2D eigenvalue weighted by Crippen LogP contribution is 2.34. The van der Waals surface area contributed by atoms with Crippen molar-refractivity contribution in [2.45, 2.75) is 6.04 Å². The molecule has 2 fully saturated rings. The lowest BCUT2D eigenvalue weighted by Gasteiger charge is -2.29. The zero-order valence-corrected chi connectivity index (χ0v) is 10.5. The summed E-state index contributed by atoms with van der Waals surface area (Å²) in [4.78, 5) is 17.0. The molecule has 0 aliphatic carbocycles. The molecule has 5 heteroatoms. The van der Waals surface area contributed by atoms with Crippen LogP contribution in [0.15, 0.2) is 24.4 Å². The summed E-state index contributed by atoms with van der Waals surface area (Å²) in [6, 6.07) is 6.49. The number of aromatic amines is 1. The first-order valence-corrected chi connectivity index (χ1v) is 6.62. The van der Waals surface area contributed by atoms with Crippen LogP contribution >= 0.6 is 0 Å². The van der Waals surface area contributed by atoms with E-state index in [2.05, 4.69) is 15.2 Å². The molecule has 2 atom stereocenters. The van der Waals surface area contributed by atoms with E-state index in [1.54, 1.807) is 0 Å². The number of anilines is 1. The van der Waals surface area contributed by atoms with Crippen LogP contribution in [0.25, 0.3) is 10.9 Å². The van der Waals surface area contributed by atoms with Gasteiger partial charge in [-0.1, -0.05) is 0 Å². The molecule has 2 aliphatic rings. The van der Waals surface area contributed by atoms with E-state index in [9.17, 15) is 4.79 Å². The van der Waals surface area contributed by atoms with Crippen molar-refractivity contribution in [2.75, 3.05) is 24.5 Å². The predicted molar refractivity (Wildman–Crippen MR) is 74.3 cm³/mol. The van der Waals surface area contributed by atoms with Crippen LogP contribution in [0.3, 0.4) is 0 Å². The first-order valence-electron chi connectivity index (χ1n) is 6.62. The molecule has 1 amide bonds. The molecule has 4 rings (SSSR count). The molecule has 19 heavy (non-hydrogen) atoms. The Hall–Kier alpha value is -2.01. The van der Waals surface area contributed by atoms with E-state index in [4.69, 9.17) is 5.73 Å². The fraction of sp³-hybridized carbons (Fsp3) is 0.357. The fourth-order valence-corrected chi connectivity index (χ4v) is 3.27. The monoisotopic (exact) mass is 256 g/mol. The third-order valence-electron chi connectivity index (χ3n) is 4.39. The number of aromatic nitrogens is 1. The third kappa shape index (κ3) is 1.48. The number of carbonyl (C=O) groups excluding carboxylic acids is 1. The Morgan fingerprint density at radius 3 is 2.84 bits per heavy atom. The number of rotatable bonds is 2. The van der Waals surface area contributed by atoms with E-state index < -0.39 is 0 Å². The molecule has 0 unspecified atom stereocenters. The van der Waals surface area contributed by atoms with Gasteiger partial charge < -0.3 is 20.9 Å². The lowest BCUT2D eigenvalue weighted by molar-refractivity contribution is 0.100. The summed E-state index contributed by atoms with van der Waals surface area (Å²) in [7, 11) is 0.